The number of rotatable bonds is 6. The SMILES string of the molecule is COc1ccccc1Oc1cc(-c2ccc(C(=O)NC3CCCc4ccccc43)cc2)ncn1. The molecule has 1 aromatic heterocycles. The Morgan fingerprint density at radius 3 is 2.53 bits per heavy atom. The standard InChI is InChI=1S/C28H25N3O3/c1-33-25-11-4-5-12-26(25)34-27-17-24(29-18-30-27)20-13-15-21(16-14-20)28(32)31-23-10-6-8-19-7-2-3-9-22(19)23/h2-5,7,9,11-18,23H,6,8,10H2,1H3,(H,31,32). The second-order valence-electron chi connectivity index (χ2n) is 8.19. The molecule has 1 aliphatic carbocycles. The molecule has 6 nitrogen and oxygen atoms in total. The lowest BCUT2D eigenvalue weighted by atomic mass is 9.87. The fraction of sp³-hybridized carbons (Fsp3) is 0.179. The van der Waals surface area contributed by atoms with Crippen LogP contribution in [0.15, 0.2) is 85.2 Å². The second-order valence-corrected chi connectivity index (χ2v) is 8.19. The molecule has 1 N–H and O–H groups in total. The Labute approximate surface area is 198 Å². The Hall–Kier alpha value is -4.19. The molecule has 0 saturated carbocycles. The predicted molar refractivity (Wildman–Crippen MR) is 130 cm³/mol. The number of hydrogen-bond acceptors (Lipinski definition) is 5. The number of carbonyl (C=O) groups is 1. The lowest BCUT2D eigenvalue weighted by molar-refractivity contribution is 0.0932. The van der Waals surface area contributed by atoms with Gasteiger partial charge in [-0.05, 0) is 54.7 Å². The first-order valence-electron chi connectivity index (χ1n) is 11.3. The molecule has 6 heteroatoms. The summed E-state index contributed by atoms with van der Waals surface area (Å²) in [5.41, 5.74) is 4.73. The molecule has 0 radical (unpaired) electrons. The van der Waals surface area contributed by atoms with E-state index in [9.17, 15) is 4.79 Å². The van der Waals surface area contributed by atoms with Gasteiger partial charge in [-0.1, -0.05) is 48.5 Å². The van der Waals surface area contributed by atoms with Crippen molar-refractivity contribution in [2.45, 2.75) is 25.3 Å². The summed E-state index contributed by atoms with van der Waals surface area (Å²) >= 11 is 0. The summed E-state index contributed by atoms with van der Waals surface area (Å²) in [5.74, 6) is 1.54. The largest absolute Gasteiger partial charge is 0.493 e. The van der Waals surface area contributed by atoms with Gasteiger partial charge in [-0.3, -0.25) is 4.79 Å². The lowest BCUT2D eigenvalue weighted by Crippen LogP contribution is -2.30. The number of aromatic nitrogens is 2. The van der Waals surface area contributed by atoms with Crippen molar-refractivity contribution in [1.82, 2.24) is 15.3 Å². The quantitative estimate of drug-likeness (QED) is 0.404. The molecule has 0 spiro atoms. The topological polar surface area (TPSA) is 73.3 Å². The number of benzene rings is 3. The van der Waals surface area contributed by atoms with Gasteiger partial charge in [-0.25, -0.2) is 9.97 Å². The Kier molecular flexibility index (Phi) is 6.21. The molecule has 0 aliphatic heterocycles. The minimum atomic E-state index is -0.0730. The van der Waals surface area contributed by atoms with Crippen LogP contribution in [0.1, 0.15) is 40.4 Å². The molecular formula is C28H25N3O3. The highest BCUT2D eigenvalue weighted by molar-refractivity contribution is 5.95. The molecule has 1 amide bonds. The van der Waals surface area contributed by atoms with Crippen LogP contribution in [0.2, 0.25) is 0 Å². The van der Waals surface area contributed by atoms with E-state index in [1.807, 2.05) is 54.6 Å². The van der Waals surface area contributed by atoms with Crippen molar-refractivity contribution in [3.63, 3.8) is 0 Å². The third-order valence-electron chi connectivity index (χ3n) is 6.04. The second kappa shape index (κ2) is 9.75. The maximum atomic E-state index is 12.9. The van der Waals surface area contributed by atoms with E-state index in [1.165, 1.54) is 17.5 Å². The minimum absolute atomic E-state index is 0.0497. The van der Waals surface area contributed by atoms with Gasteiger partial charge in [-0.15, -0.1) is 0 Å². The van der Waals surface area contributed by atoms with Crippen LogP contribution >= 0.6 is 0 Å². The summed E-state index contributed by atoms with van der Waals surface area (Å²) in [4.78, 5) is 21.5. The molecule has 1 aliphatic rings. The van der Waals surface area contributed by atoms with Gasteiger partial charge in [0.2, 0.25) is 5.88 Å². The van der Waals surface area contributed by atoms with E-state index in [0.29, 0.717) is 28.6 Å². The number of nitrogens with one attached hydrogen (secondary N) is 1. The fourth-order valence-corrected chi connectivity index (χ4v) is 4.31. The third-order valence-corrected chi connectivity index (χ3v) is 6.04. The maximum Gasteiger partial charge on any atom is 0.251 e. The summed E-state index contributed by atoms with van der Waals surface area (Å²) in [6, 6.07) is 25.0. The molecule has 0 fully saturated rings. The molecule has 0 bridgehead atoms. The predicted octanol–water partition coefficient (Wildman–Crippen LogP) is 5.75. The Morgan fingerprint density at radius 1 is 0.941 bits per heavy atom. The van der Waals surface area contributed by atoms with E-state index in [1.54, 1.807) is 13.2 Å². The van der Waals surface area contributed by atoms with E-state index in [2.05, 4.69) is 33.5 Å². The lowest BCUT2D eigenvalue weighted by Gasteiger charge is -2.26. The Balaban J connectivity index is 1.30. The molecule has 170 valence electrons. The smallest absolute Gasteiger partial charge is 0.251 e. The van der Waals surface area contributed by atoms with Gasteiger partial charge in [0.05, 0.1) is 18.8 Å². The van der Waals surface area contributed by atoms with Gasteiger partial charge in [0, 0.05) is 17.2 Å². The van der Waals surface area contributed by atoms with Crippen LogP contribution in [0.3, 0.4) is 0 Å². The van der Waals surface area contributed by atoms with Gasteiger partial charge in [0.25, 0.3) is 5.91 Å². The van der Waals surface area contributed by atoms with E-state index >= 15 is 0 Å². The number of fused-ring (bicyclic) bond motifs is 1. The first kappa shape index (κ1) is 21.6. The van der Waals surface area contributed by atoms with E-state index in [0.717, 1.165) is 24.8 Å². The molecule has 4 aromatic rings. The van der Waals surface area contributed by atoms with Gasteiger partial charge in [0.15, 0.2) is 11.5 Å². The fourth-order valence-electron chi connectivity index (χ4n) is 4.31. The molecule has 1 unspecified atom stereocenters. The number of ether oxygens (including phenoxy) is 2. The molecule has 1 heterocycles. The number of aryl methyl sites for hydroxylation is 1. The summed E-state index contributed by atoms with van der Waals surface area (Å²) in [7, 11) is 1.60. The third kappa shape index (κ3) is 4.62. The van der Waals surface area contributed by atoms with Crippen molar-refractivity contribution < 1.29 is 14.3 Å². The molecular weight excluding hydrogens is 426 g/mol. The van der Waals surface area contributed by atoms with Crippen molar-refractivity contribution in [3.8, 4) is 28.6 Å². The summed E-state index contributed by atoms with van der Waals surface area (Å²) in [6.07, 6.45) is 4.56. The molecule has 3 aromatic carbocycles. The Bertz CT molecular complexity index is 1300. The van der Waals surface area contributed by atoms with Crippen LogP contribution in [0, 0.1) is 0 Å². The first-order chi connectivity index (χ1) is 16.7. The van der Waals surface area contributed by atoms with Crippen LogP contribution < -0.4 is 14.8 Å². The maximum absolute atomic E-state index is 12.9. The minimum Gasteiger partial charge on any atom is -0.493 e. The number of amides is 1. The zero-order valence-electron chi connectivity index (χ0n) is 18.9. The van der Waals surface area contributed by atoms with E-state index < -0.39 is 0 Å². The normalized spacial score (nSPS) is 14.7. The van der Waals surface area contributed by atoms with Crippen LogP contribution in [0.4, 0.5) is 0 Å². The van der Waals surface area contributed by atoms with Crippen LogP contribution in [-0.2, 0) is 6.42 Å². The van der Waals surface area contributed by atoms with Gasteiger partial charge < -0.3 is 14.8 Å². The Morgan fingerprint density at radius 2 is 1.71 bits per heavy atom. The first-order valence-corrected chi connectivity index (χ1v) is 11.3. The van der Waals surface area contributed by atoms with Crippen molar-refractivity contribution in [1.29, 1.82) is 0 Å². The van der Waals surface area contributed by atoms with Crippen LogP contribution in [0.5, 0.6) is 17.4 Å². The van der Waals surface area contributed by atoms with Crippen LogP contribution in [-0.4, -0.2) is 23.0 Å². The van der Waals surface area contributed by atoms with Crippen molar-refractivity contribution in [2.75, 3.05) is 7.11 Å². The molecule has 34 heavy (non-hydrogen) atoms. The van der Waals surface area contributed by atoms with Crippen LogP contribution in [0.25, 0.3) is 11.3 Å². The van der Waals surface area contributed by atoms with E-state index in [-0.39, 0.29) is 11.9 Å². The molecule has 0 saturated heterocycles. The van der Waals surface area contributed by atoms with E-state index in [4.69, 9.17) is 9.47 Å². The van der Waals surface area contributed by atoms with Crippen molar-refractivity contribution in [2.24, 2.45) is 0 Å². The highest BCUT2D eigenvalue weighted by Gasteiger charge is 2.22. The van der Waals surface area contributed by atoms with Crippen molar-refractivity contribution >= 4 is 5.91 Å². The zero-order valence-corrected chi connectivity index (χ0v) is 18.9. The average molecular weight is 452 g/mol. The monoisotopic (exact) mass is 451 g/mol. The average Bonchev–Trinajstić information content (AvgIpc) is 2.89. The molecule has 1 atom stereocenters. The van der Waals surface area contributed by atoms with Gasteiger partial charge >= 0.3 is 0 Å². The summed E-state index contributed by atoms with van der Waals surface area (Å²) in [6.45, 7) is 0. The number of carbonyl (C=O) groups excluding carboxylic acids is 1. The van der Waals surface area contributed by atoms with Crippen molar-refractivity contribution in [3.05, 3.63) is 102 Å². The summed E-state index contributed by atoms with van der Waals surface area (Å²) in [5, 5.41) is 3.20. The zero-order chi connectivity index (χ0) is 23.3. The number of methoxy groups -OCH3 is 1. The number of nitrogens with zero attached hydrogens (tertiary/aromatic N) is 2. The molecule has 5 rings (SSSR count). The number of hydrogen-bond donors (Lipinski definition) is 1. The number of para-hydroxylation sites is 2. The highest BCUT2D eigenvalue weighted by Crippen LogP contribution is 2.32. The summed E-state index contributed by atoms with van der Waals surface area (Å²) < 4.78 is 11.2. The van der Waals surface area contributed by atoms with Gasteiger partial charge in [-0.2, -0.15) is 0 Å². The highest BCUT2D eigenvalue weighted by atomic mass is 16.5. The van der Waals surface area contributed by atoms with Gasteiger partial charge in [0.1, 0.15) is 6.33 Å².